The Balaban J connectivity index is 1.58. The highest BCUT2D eigenvalue weighted by atomic mass is 16.5. The number of nitrogens with zero attached hydrogens (tertiary/aromatic N) is 2. The molecular formula is C27H24N2O5. The molecule has 0 atom stereocenters. The summed E-state index contributed by atoms with van der Waals surface area (Å²) in [7, 11) is 1.54. The number of carboxylic acid groups (broad SMARTS) is 1. The van der Waals surface area contributed by atoms with Gasteiger partial charge in [-0.15, -0.1) is 0 Å². The van der Waals surface area contributed by atoms with Crippen LogP contribution in [0.3, 0.4) is 0 Å². The zero-order valence-corrected chi connectivity index (χ0v) is 18.7. The Morgan fingerprint density at radius 1 is 0.971 bits per heavy atom. The third-order valence-corrected chi connectivity index (χ3v) is 5.62. The summed E-state index contributed by atoms with van der Waals surface area (Å²) in [5.74, 6) is -1.78. The van der Waals surface area contributed by atoms with Crippen LogP contribution in [0.5, 0.6) is 0 Å². The molecule has 1 heterocycles. The number of carbonyl (C=O) groups excluding carboxylic acids is 2. The molecule has 0 spiro atoms. The highest BCUT2D eigenvalue weighted by Crippen LogP contribution is 2.35. The highest BCUT2D eigenvalue weighted by Gasteiger charge is 2.32. The van der Waals surface area contributed by atoms with Crippen LogP contribution in [0.2, 0.25) is 0 Å². The smallest absolute Gasteiger partial charge is 0.335 e. The van der Waals surface area contributed by atoms with E-state index >= 15 is 0 Å². The van der Waals surface area contributed by atoms with Gasteiger partial charge in [0.1, 0.15) is 6.54 Å². The lowest BCUT2D eigenvalue weighted by Crippen LogP contribution is -2.48. The van der Waals surface area contributed by atoms with Crippen LogP contribution >= 0.6 is 0 Å². The van der Waals surface area contributed by atoms with E-state index in [-0.39, 0.29) is 18.0 Å². The van der Waals surface area contributed by atoms with Gasteiger partial charge in [0, 0.05) is 19.7 Å². The largest absolute Gasteiger partial charge is 0.478 e. The molecule has 1 N–H and O–H groups in total. The fourth-order valence-electron chi connectivity index (χ4n) is 3.84. The van der Waals surface area contributed by atoms with Crippen molar-refractivity contribution in [1.82, 2.24) is 0 Å². The van der Waals surface area contributed by atoms with Crippen molar-refractivity contribution in [1.29, 1.82) is 0 Å². The van der Waals surface area contributed by atoms with Gasteiger partial charge in [-0.3, -0.25) is 14.5 Å². The maximum atomic E-state index is 13.1. The normalized spacial score (nSPS) is 13.3. The number of carbonyl (C=O) groups is 3. The monoisotopic (exact) mass is 456 g/mol. The van der Waals surface area contributed by atoms with Gasteiger partial charge in [-0.05, 0) is 41.0 Å². The van der Waals surface area contributed by atoms with Gasteiger partial charge in [-0.25, -0.2) is 4.79 Å². The zero-order valence-electron chi connectivity index (χ0n) is 18.7. The van der Waals surface area contributed by atoms with Crippen LogP contribution in [0.4, 0.5) is 11.4 Å². The number of carboxylic acids is 1. The van der Waals surface area contributed by atoms with Crippen molar-refractivity contribution in [2.45, 2.75) is 0 Å². The van der Waals surface area contributed by atoms with E-state index in [1.807, 2.05) is 54.6 Å². The Morgan fingerprint density at radius 2 is 1.68 bits per heavy atom. The van der Waals surface area contributed by atoms with Crippen molar-refractivity contribution >= 4 is 35.2 Å². The lowest BCUT2D eigenvalue weighted by Gasteiger charge is -2.35. The van der Waals surface area contributed by atoms with E-state index in [1.165, 1.54) is 35.1 Å². The van der Waals surface area contributed by atoms with Crippen LogP contribution in [0.15, 0.2) is 78.9 Å². The molecule has 0 bridgehead atoms. The second kappa shape index (κ2) is 10.1. The highest BCUT2D eigenvalue weighted by molar-refractivity contribution is 6.15. The van der Waals surface area contributed by atoms with Crippen LogP contribution < -0.4 is 9.80 Å². The first-order valence-electron chi connectivity index (χ1n) is 10.8. The molecule has 172 valence electrons. The first kappa shape index (κ1) is 22.9. The maximum absolute atomic E-state index is 13.1. The first-order chi connectivity index (χ1) is 16.5. The van der Waals surface area contributed by atoms with Gasteiger partial charge in [0.2, 0.25) is 5.91 Å². The number of methoxy groups -OCH3 is 1. The van der Waals surface area contributed by atoms with Crippen LogP contribution in [0, 0.1) is 0 Å². The van der Waals surface area contributed by atoms with Crippen molar-refractivity contribution in [3.63, 3.8) is 0 Å². The fourth-order valence-corrected chi connectivity index (χ4v) is 3.84. The summed E-state index contributed by atoms with van der Waals surface area (Å²) in [6.45, 7) is 0.439. The molecule has 1 aliphatic rings. The van der Waals surface area contributed by atoms with Crippen LogP contribution in [0.25, 0.3) is 17.2 Å². The lowest BCUT2D eigenvalue weighted by molar-refractivity contribution is -0.121. The van der Waals surface area contributed by atoms with Crippen LogP contribution in [-0.2, 0) is 14.3 Å². The van der Waals surface area contributed by atoms with Gasteiger partial charge in [-0.1, -0.05) is 54.6 Å². The van der Waals surface area contributed by atoms with Crippen molar-refractivity contribution in [3.8, 4) is 11.1 Å². The van der Waals surface area contributed by atoms with Gasteiger partial charge < -0.3 is 14.7 Å². The topological polar surface area (TPSA) is 87.2 Å². The number of hydrogen-bond donors (Lipinski definition) is 1. The number of fused-ring (bicyclic) bond motifs is 1. The Morgan fingerprint density at radius 3 is 2.35 bits per heavy atom. The fraction of sp³-hybridized carbons (Fsp3) is 0.148. The Bertz CT molecular complexity index is 1240. The van der Waals surface area contributed by atoms with Crippen LogP contribution in [0.1, 0.15) is 15.9 Å². The maximum Gasteiger partial charge on any atom is 0.335 e. The third-order valence-electron chi connectivity index (χ3n) is 5.62. The van der Waals surface area contributed by atoms with Crippen molar-refractivity contribution in [2.24, 2.45) is 0 Å². The van der Waals surface area contributed by atoms with E-state index < -0.39 is 11.9 Å². The summed E-state index contributed by atoms with van der Waals surface area (Å²) < 4.78 is 5.09. The van der Waals surface area contributed by atoms with E-state index in [0.717, 1.165) is 16.7 Å². The Kier molecular flexibility index (Phi) is 6.85. The quantitative estimate of drug-likeness (QED) is 0.541. The Hall–Kier alpha value is -4.23. The van der Waals surface area contributed by atoms with Crippen molar-refractivity contribution in [3.05, 3.63) is 90.0 Å². The van der Waals surface area contributed by atoms with E-state index in [2.05, 4.69) is 0 Å². The molecule has 3 aromatic rings. The van der Waals surface area contributed by atoms with Gasteiger partial charge in [0.25, 0.3) is 5.91 Å². The van der Waals surface area contributed by atoms with Gasteiger partial charge in [0.15, 0.2) is 0 Å². The van der Waals surface area contributed by atoms with E-state index in [9.17, 15) is 19.5 Å². The number of ether oxygens (including phenoxy) is 1. The predicted octanol–water partition coefficient (Wildman–Crippen LogP) is 4.09. The summed E-state index contributed by atoms with van der Waals surface area (Å²) in [4.78, 5) is 40.2. The molecule has 0 aromatic heterocycles. The van der Waals surface area contributed by atoms with Gasteiger partial charge in [-0.2, -0.15) is 0 Å². The molecule has 7 nitrogen and oxygen atoms in total. The average Bonchev–Trinajstić information content (AvgIpc) is 2.87. The summed E-state index contributed by atoms with van der Waals surface area (Å²) >= 11 is 0. The number of benzene rings is 3. The summed E-state index contributed by atoms with van der Waals surface area (Å²) in [5, 5.41) is 9.41. The van der Waals surface area contributed by atoms with Gasteiger partial charge >= 0.3 is 5.97 Å². The molecule has 34 heavy (non-hydrogen) atoms. The predicted molar refractivity (Wildman–Crippen MR) is 131 cm³/mol. The summed E-state index contributed by atoms with van der Waals surface area (Å²) in [5.41, 5.74) is 3.90. The van der Waals surface area contributed by atoms with Crippen molar-refractivity contribution < 1.29 is 24.2 Å². The average molecular weight is 456 g/mol. The van der Waals surface area contributed by atoms with E-state index in [1.54, 1.807) is 12.1 Å². The van der Waals surface area contributed by atoms with Gasteiger partial charge in [0.05, 0.1) is 23.5 Å². The molecule has 4 rings (SSSR count). The second-order valence-electron chi connectivity index (χ2n) is 7.79. The molecule has 7 heteroatoms. The Labute approximate surface area is 197 Å². The minimum atomic E-state index is -1.11. The summed E-state index contributed by atoms with van der Waals surface area (Å²) in [6.07, 6.45) is 3.08. The molecule has 1 aliphatic heterocycles. The minimum Gasteiger partial charge on any atom is -0.478 e. The molecule has 0 fully saturated rings. The number of anilines is 2. The second-order valence-corrected chi connectivity index (χ2v) is 7.79. The molecular weight excluding hydrogens is 432 g/mol. The first-order valence-corrected chi connectivity index (χ1v) is 10.8. The van der Waals surface area contributed by atoms with Crippen molar-refractivity contribution in [2.75, 3.05) is 36.6 Å². The minimum absolute atomic E-state index is 0.0399. The molecule has 0 saturated carbocycles. The molecule has 3 aromatic carbocycles. The van der Waals surface area contributed by atoms with Crippen LogP contribution in [-0.4, -0.2) is 49.7 Å². The third kappa shape index (κ3) is 4.89. The summed E-state index contributed by atoms with van der Waals surface area (Å²) in [6, 6.07) is 22.2. The number of aromatic carboxylic acids is 1. The number of rotatable bonds is 7. The molecule has 0 saturated heterocycles. The van der Waals surface area contributed by atoms with E-state index in [4.69, 9.17) is 4.74 Å². The van der Waals surface area contributed by atoms with E-state index in [0.29, 0.717) is 24.5 Å². The molecule has 0 aliphatic carbocycles. The number of hydrogen-bond acceptors (Lipinski definition) is 4. The number of amides is 2. The lowest BCUT2D eigenvalue weighted by atomic mass is 10.0. The molecule has 0 unspecified atom stereocenters. The zero-order chi connectivity index (χ0) is 24.1. The SMILES string of the molecule is COCCN1C(=O)CN(C(=O)/C=C/c2ccc(-c3ccccc3)cc2)c2cc(C(=O)O)ccc21. The standard InChI is InChI=1S/C27H24N2O5/c1-34-16-15-28-23-13-12-22(27(32)33)17-24(23)29(18-26(28)31)25(30)14-9-19-7-10-21(11-8-19)20-5-3-2-4-6-20/h2-14,17H,15-16,18H2,1H3,(H,32,33)/b14-9+. The molecule has 0 radical (unpaired) electrons. The molecule has 2 amide bonds.